The molecule has 0 fully saturated rings. The number of benzene rings is 1. The summed E-state index contributed by atoms with van der Waals surface area (Å²) in [7, 11) is 0. The molecule has 0 saturated carbocycles. The van der Waals surface area contributed by atoms with E-state index in [0.29, 0.717) is 13.1 Å². The molecule has 1 rings (SSSR count). The molecular weight excluding hydrogens is 357 g/mol. The summed E-state index contributed by atoms with van der Waals surface area (Å²) < 4.78 is 0. The summed E-state index contributed by atoms with van der Waals surface area (Å²) in [6, 6.07) is 8.49. The van der Waals surface area contributed by atoms with Crippen molar-refractivity contribution in [3.8, 4) is 0 Å². The zero-order chi connectivity index (χ0) is 17.3. The fourth-order valence-corrected chi connectivity index (χ4v) is 2.79. The molecule has 0 spiro atoms. The summed E-state index contributed by atoms with van der Waals surface area (Å²) in [5.74, 6) is 0.0669. The van der Waals surface area contributed by atoms with Crippen LogP contribution in [0.2, 0.25) is 0 Å². The summed E-state index contributed by atoms with van der Waals surface area (Å²) in [4.78, 5) is 14.8. The van der Waals surface area contributed by atoms with E-state index >= 15 is 0 Å². The number of carbonyl (C=O) groups is 1. The van der Waals surface area contributed by atoms with Crippen molar-refractivity contribution in [3.63, 3.8) is 0 Å². The van der Waals surface area contributed by atoms with Crippen LogP contribution in [0, 0.1) is 5.41 Å². The van der Waals surface area contributed by atoms with Gasteiger partial charge in [-0.15, -0.1) is 24.8 Å². The van der Waals surface area contributed by atoms with Crippen LogP contribution in [-0.2, 0) is 17.9 Å². The molecule has 146 valence electrons. The third kappa shape index (κ3) is 7.53. The van der Waals surface area contributed by atoms with Crippen LogP contribution in [-0.4, -0.2) is 30.4 Å². The van der Waals surface area contributed by atoms with Crippen LogP contribution in [0.1, 0.15) is 51.7 Å². The second-order valence-corrected chi connectivity index (χ2v) is 6.15. The lowest BCUT2D eigenvalue weighted by molar-refractivity contribution is -0.131. The normalized spacial score (nSPS) is 10.8. The summed E-state index contributed by atoms with van der Waals surface area (Å²) >= 11 is 0. The smallest absolute Gasteiger partial charge is 0.227 e. The van der Waals surface area contributed by atoms with Crippen LogP contribution in [0.3, 0.4) is 0 Å². The molecule has 0 aliphatic carbocycles. The van der Waals surface area contributed by atoms with E-state index in [9.17, 15) is 4.79 Å². The molecule has 0 aromatic heterocycles. The maximum Gasteiger partial charge on any atom is 0.227 e. The molecule has 0 aliphatic heterocycles. The summed E-state index contributed by atoms with van der Waals surface area (Å²) in [6.07, 6.45) is 1.54. The van der Waals surface area contributed by atoms with E-state index in [4.69, 9.17) is 5.73 Å². The monoisotopic (exact) mass is 391 g/mol. The molecule has 6 heteroatoms. The Morgan fingerprint density at radius 3 is 1.88 bits per heavy atom. The summed E-state index contributed by atoms with van der Waals surface area (Å²) in [6.45, 7) is 12.5. The van der Waals surface area contributed by atoms with Crippen molar-refractivity contribution in [1.82, 2.24) is 10.2 Å². The van der Waals surface area contributed by atoms with Crippen LogP contribution in [0.15, 0.2) is 24.3 Å². The van der Waals surface area contributed by atoms with Gasteiger partial charge < -0.3 is 11.1 Å². The highest BCUT2D eigenvalue weighted by Crippen LogP contribution is 2.25. The first kappa shape index (κ1) is 26.4. The molecule has 1 aromatic carbocycles. The Morgan fingerprint density at radius 1 is 1.00 bits per heavy atom. The van der Waals surface area contributed by atoms with Crippen molar-refractivity contribution in [2.75, 3.05) is 19.6 Å². The minimum Gasteiger partial charge on any atom is -0.352 e. The lowest BCUT2D eigenvalue weighted by Crippen LogP contribution is -2.45. The van der Waals surface area contributed by atoms with E-state index < -0.39 is 5.41 Å². The van der Waals surface area contributed by atoms with E-state index in [1.54, 1.807) is 0 Å². The minimum atomic E-state index is -0.428. The zero-order valence-electron chi connectivity index (χ0n) is 16.0. The van der Waals surface area contributed by atoms with Crippen molar-refractivity contribution in [1.29, 1.82) is 0 Å². The number of halogens is 2. The molecular formula is C19H35Cl2N3O. The van der Waals surface area contributed by atoms with E-state index in [-0.39, 0.29) is 30.7 Å². The van der Waals surface area contributed by atoms with Crippen LogP contribution in [0.25, 0.3) is 0 Å². The van der Waals surface area contributed by atoms with Gasteiger partial charge in [0.15, 0.2) is 0 Å². The van der Waals surface area contributed by atoms with Crippen LogP contribution in [0.5, 0.6) is 0 Å². The third-order valence-electron chi connectivity index (χ3n) is 5.00. The molecule has 1 amide bonds. The zero-order valence-corrected chi connectivity index (χ0v) is 17.6. The highest BCUT2D eigenvalue weighted by Gasteiger charge is 2.32. The molecule has 0 aliphatic rings. The van der Waals surface area contributed by atoms with Gasteiger partial charge in [0.25, 0.3) is 0 Å². The average molecular weight is 392 g/mol. The molecule has 0 unspecified atom stereocenters. The second kappa shape index (κ2) is 13.4. The van der Waals surface area contributed by atoms with E-state index in [0.717, 1.165) is 38.0 Å². The lowest BCUT2D eigenvalue weighted by Gasteiger charge is -2.28. The number of nitrogens with one attached hydrogen (secondary N) is 1. The van der Waals surface area contributed by atoms with Gasteiger partial charge in [-0.05, 0) is 37.1 Å². The minimum absolute atomic E-state index is 0. The van der Waals surface area contributed by atoms with Crippen molar-refractivity contribution in [2.45, 2.75) is 53.6 Å². The van der Waals surface area contributed by atoms with Crippen molar-refractivity contribution in [2.24, 2.45) is 11.1 Å². The Kier molecular flexibility index (Phi) is 14.2. The first-order chi connectivity index (χ1) is 11.0. The Bertz CT molecular complexity index is 464. The number of rotatable bonds is 10. The lowest BCUT2D eigenvalue weighted by atomic mass is 9.81. The molecule has 0 atom stereocenters. The Hall–Kier alpha value is -0.810. The van der Waals surface area contributed by atoms with Gasteiger partial charge in [0.2, 0.25) is 5.91 Å². The van der Waals surface area contributed by atoms with Gasteiger partial charge in [0, 0.05) is 19.6 Å². The van der Waals surface area contributed by atoms with E-state index in [1.165, 1.54) is 5.56 Å². The molecule has 25 heavy (non-hydrogen) atoms. The predicted octanol–water partition coefficient (Wildman–Crippen LogP) is 3.75. The molecule has 4 nitrogen and oxygen atoms in total. The Morgan fingerprint density at radius 2 is 1.48 bits per heavy atom. The van der Waals surface area contributed by atoms with Crippen LogP contribution >= 0.6 is 24.8 Å². The van der Waals surface area contributed by atoms with E-state index in [1.807, 2.05) is 13.8 Å². The predicted molar refractivity (Wildman–Crippen MR) is 111 cm³/mol. The van der Waals surface area contributed by atoms with Gasteiger partial charge in [0.05, 0.1) is 5.41 Å². The number of hydrogen-bond acceptors (Lipinski definition) is 3. The van der Waals surface area contributed by atoms with Gasteiger partial charge in [-0.25, -0.2) is 0 Å². The van der Waals surface area contributed by atoms with E-state index in [2.05, 4.69) is 48.3 Å². The third-order valence-corrected chi connectivity index (χ3v) is 5.00. The summed E-state index contributed by atoms with van der Waals surface area (Å²) in [5, 5.41) is 3.05. The van der Waals surface area contributed by atoms with Gasteiger partial charge in [-0.1, -0.05) is 52.0 Å². The number of amides is 1. The first-order valence-electron chi connectivity index (χ1n) is 8.83. The van der Waals surface area contributed by atoms with Gasteiger partial charge in [-0.3, -0.25) is 9.69 Å². The topological polar surface area (TPSA) is 58.4 Å². The van der Waals surface area contributed by atoms with Crippen LogP contribution < -0.4 is 11.1 Å². The molecule has 1 aromatic rings. The SMILES string of the molecule is CCN(CC)Cc1ccc(CNC(=O)C(CC)(CC)CN)cc1.Cl.Cl. The van der Waals surface area contributed by atoms with Crippen molar-refractivity contribution < 1.29 is 4.79 Å². The fraction of sp³-hybridized carbons (Fsp3) is 0.632. The number of nitrogens with zero attached hydrogens (tertiary/aromatic N) is 1. The number of nitrogens with two attached hydrogens (primary N) is 1. The van der Waals surface area contributed by atoms with Crippen molar-refractivity contribution in [3.05, 3.63) is 35.4 Å². The standard InChI is InChI=1S/C19H33N3O.2ClH/c1-5-19(6-2,15-20)18(23)21-13-16-9-11-17(12-10-16)14-22(7-3)8-4;;/h9-12H,5-8,13-15,20H2,1-4H3,(H,21,23);2*1H. The molecule has 3 N–H and O–H groups in total. The summed E-state index contributed by atoms with van der Waals surface area (Å²) in [5.41, 5.74) is 7.83. The highest BCUT2D eigenvalue weighted by atomic mass is 35.5. The molecule has 0 heterocycles. The first-order valence-corrected chi connectivity index (χ1v) is 8.83. The maximum absolute atomic E-state index is 12.4. The molecule has 0 saturated heterocycles. The second-order valence-electron chi connectivity index (χ2n) is 6.15. The van der Waals surface area contributed by atoms with Gasteiger partial charge in [0.1, 0.15) is 0 Å². The quantitative estimate of drug-likeness (QED) is 0.638. The fourth-order valence-electron chi connectivity index (χ4n) is 2.79. The maximum atomic E-state index is 12.4. The molecule has 0 bridgehead atoms. The highest BCUT2D eigenvalue weighted by molar-refractivity contribution is 5.85. The number of carbonyl (C=O) groups excluding carboxylic acids is 1. The Labute approximate surface area is 165 Å². The average Bonchev–Trinajstić information content (AvgIpc) is 2.60. The van der Waals surface area contributed by atoms with Crippen LogP contribution in [0.4, 0.5) is 0 Å². The van der Waals surface area contributed by atoms with Crippen molar-refractivity contribution >= 4 is 30.7 Å². The van der Waals surface area contributed by atoms with Gasteiger partial charge in [-0.2, -0.15) is 0 Å². The Balaban J connectivity index is 0. The number of hydrogen-bond donors (Lipinski definition) is 2. The largest absolute Gasteiger partial charge is 0.352 e. The molecule has 0 radical (unpaired) electrons. The van der Waals surface area contributed by atoms with Gasteiger partial charge >= 0.3 is 0 Å².